The number of nitrogens with zero attached hydrogens (tertiary/aromatic N) is 3. The van der Waals surface area contributed by atoms with Crippen LogP contribution in [0.25, 0.3) is 0 Å². The smallest absolute Gasteiger partial charge is 0.243 e. The first-order valence-corrected chi connectivity index (χ1v) is 6.26. The van der Waals surface area contributed by atoms with E-state index in [0.717, 1.165) is 18.1 Å². The summed E-state index contributed by atoms with van der Waals surface area (Å²) in [6.07, 6.45) is 2.36. The Morgan fingerprint density at radius 1 is 1.39 bits per heavy atom. The van der Waals surface area contributed by atoms with E-state index in [1.807, 2.05) is 18.9 Å². The zero-order valence-corrected chi connectivity index (χ0v) is 11.9. The Morgan fingerprint density at radius 3 is 2.44 bits per heavy atom. The number of aliphatic imine (C=N–C) groups is 1. The lowest BCUT2D eigenvalue weighted by Gasteiger charge is -2.22. The standard InChI is InChI=1S/C13H24N4O/c1-10(2)9-17(5)13(15-11-6-7-11)14-8-12(18)16(3)4/h11H,1,6-9H2,2-5H3,(H,14,15). The Kier molecular flexibility index (Phi) is 5.19. The molecule has 102 valence electrons. The third-order valence-corrected chi connectivity index (χ3v) is 2.64. The van der Waals surface area contributed by atoms with Crippen molar-refractivity contribution in [2.45, 2.75) is 25.8 Å². The highest BCUT2D eigenvalue weighted by Gasteiger charge is 2.23. The van der Waals surface area contributed by atoms with Crippen LogP contribution < -0.4 is 5.32 Å². The monoisotopic (exact) mass is 252 g/mol. The molecule has 18 heavy (non-hydrogen) atoms. The highest BCUT2D eigenvalue weighted by atomic mass is 16.2. The van der Waals surface area contributed by atoms with Crippen LogP contribution in [0.3, 0.4) is 0 Å². The van der Waals surface area contributed by atoms with Crippen molar-refractivity contribution in [3.63, 3.8) is 0 Å². The SMILES string of the molecule is C=C(C)CN(C)C(=NCC(=O)N(C)C)NC1CC1. The molecule has 1 fully saturated rings. The van der Waals surface area contributed by atoms with Gasteiger partial charge >= 0.3 is 0 Å². The van der Waals surface area contributed by atoms with E-state index in [1.165, 1.54) is 12.8 Å². The van der Waals surface area contributed by atoms with Crippen LogP contribution in [0.5, 0.6) is 0 Å². The van der Waals surface area contributed by atoms with Gasteiger partial charge in [-0.25, -0.2) is 4.99 Å². The molecule has 0 bridgehead atoms. The second-order valence-corrected chi connectivity index (χ2v) is 5.16. The molecule has 0 aliphatic heterocycles. The van der Waals surface area contributed by atoms with Crippen molar-refractivity contribution in [2.24, 2.45) is 4.99 Å². The lowest BCUT2D eigenvalue weighted by atomic mass is 10.3. The van der Waals surface area contributed by atoms with E-state index < -0.39 is 0 Å². The second kappa shape index (κ2) is 6.42. The first-order chi connectivity index (χ1) is 8.40. The van der Waals surface area contributed by atoms with Gasteiger partial charge in [-0.2, -0.15) is 0 Å². The van der Waals surface area contributed by atoms with E-state index in [9.17, 15) is 4.79 Å². The van der Waals surface area contributed by atoms with Gasteiger partial charge in [0, 0.05) is 33.7 Å². The number of amides is 1. The summed E-state index contributed by atoms with van der Waals surface area (Å²) in [6.45, 7) is 6.81. The molecule has 1 aliphatic rings. The molecule has 0 aromatic carbocycles. The van der Waals surface area contributed by atoms with E-state index in [1.54, 1.807) is 19.0 Å². The first kappa shape index (κ1) is 14.5. The predicted octanol–water partition coefficient (Wildman–Crippen LogP) is 0.690. The maximum atomic E-state index is 11.5. The summed E-state index contributed by atoms with van der Waals surface area (Å²) in [6, 6.07) is 0.519. The van der Waals surface area contributed by atoms with Gasteiger partial charge in [0.25, 0.3) is 0 Å². The quantitative estimate of drug-likeness (QED) is 0.445. The zero-order chi connectivity index (χ0) is 13.7. The summed E-state index contributed by atoms with van der Waals surface area (Å²) >= 11 is 0. The summed E-state index contributed by atoms with van der Waals surface area (Å²) < 4.78 is 0. The van der Waals surface area contributed by atoms with Crippen LogP contribution in [0.1, 0.15) is 19.8 Å². The minimum atomic E-state index is 0.00817. The van der Waals surface area contributed by atoms with Gasteiger partial charge in [0.05, 0.1) is 0 Å². The summed E-state index contributed by atoms with van der Waals surface area (Å²) in [5, 5.41) is 3.35. The maximum Gasteiger partial charge on any atom is 0.243 e. The molecule has 5 nitrogen and oxygen atoms in total. The van der Waals surface area contributed by atoms with Crippen LogP contribution in [-0.4, -0.2) is 61.9 Å². The first-order valence-electron chi connectivity index (χ1n) is 6.26. The number of carbonyl (C=O) groups excluding carboxylic acids is 1. The Balaban J connectivity index is 2.60. The van der Waals surface area contributed by atoms with Crippen LogP contribution >= 0.6 is 0 Å². The van der Waals surface area contributed by atoms with Gasteiger partial charge < -0.3 is 15.1 Å². The van der Waals surface area contributed by atoms with Crippen molar-refractivity contribution in [1.29, 1.82) is 0 Å². The highest BCUT2D eigenvalue weighted by Crippen LogP contribution is 2.18. The fourth-order valence-corrected chi connectivity index (χ4v) is 1.45. The number of guanidine groups is 1. The Hall–Kier alpha value is -1.52. The van der Waals surface area contributed by atoms with Crippen LogP contribution in [0.15, 0.2) is 17.1 Å². The van der Waals surface area contributed by atoms with Crippen LogP contribution in [0.4, 0.5) is 0 Å². The molecule has 1 saturated carbocycles. The lowest BCUT2D eigenvalue weighted by molar-refractivity contribution is -0.127. The maximum absolute atomic E-state index is 11.5. The van der Waals surface area contributed by atoms with Crippen molar-refractivity contribution >= 4 is 11.9 Å². The number of nitrogens with one attached hydrogen (secondary N) is 1. The van der Waals surface area contributed by atoms with Crippen molar-refractivity contribution in [2.75, 3.05) is 34.2 Å². The number of carbonyl (C=O) groups is 1. The summed E-state index contributed by atoms with van der Waals surface area (Å²) in [7, 11) is 5.44. The van der Waals surface area contributed by atoms with E-state index in [2.05, 4.69) is 16.9 Å². The summed E-state index contributed by atoms with van der Waals surface area (Å²) in [5.74, 6) is 0.796. The summed E-state index contributed by atoms with van der Waals surface area (Å²) in [5.41, 5.74) is 1.07. The van der Waals surface area contributed by atoms with E-state index in [0.29, 0.717) is 6.04 Å². The van der Waals surface area contributed by atoms with Crippen molar-refractivity contribution in [1.82, 2.24) is 15.1 Å². The van der Waals surface area contributed by atoms with Crippen molar-refractivity contribution in [3.8, 4) is 0 Å². The average molecular weight is 252 g/mol. The molecule has 1 amide bonds. The molecule has 5 heteroatoms. The van der Waals surface area contributed by atoms with Crippen LogP contribution in [0.2, 0.25) is 0 Å². The lowest BCUT2D eigenvalue weighted by Crippen LogP contribution is -2.41. The molecule has 0 spiro atoms. The van der Waals surface area contributed by atoms with Gasteiger partial charge in [-0.1, -0.05) is 12.2 Å². The molecule has 0 unspecified atom stereocenters. The minimum Gasteiger partial charge on any atom is -0.353 e. The number of rotatable bonds is 5. The van der Waals surface area contributed by atoms with Crippen LogP contribution in [-0.2, 0) is 4.79 Å². The predicted molar refractivity (Wildman–Crippen MR) is 74.6 cm³/mol. The normalized spacial score (nSPS) is 15.2. The Bertz CT molecular complexity index is 345. The summed E-state index contributed by atoms with van der Waals surface area (Å²) in [4.78, 5) is 19.5. The van der Waals surface area contributed by atoms with Crippen molar-refractivity contribution < 1.29 is 4.79 Å². The minimum absolute atomic E-state index is 0.00817. The number of hydrogen-bond donors (Lipinski definition) is 1. The van der Waals surface area contributed by atoms with Crippen molar-refractivity contribution in [3.05, 3.63) is 12.2 Å². The molecule has 0 aromatic heterocycles. The fraction of sp³-hybridized carbons (Fsp3) is 0.692. The fourth-order valence-electron chi connectivity index (χ4n) is 1.45. The molecule has 0 saturated heterocycles. The van der Waals surface area contributed by atoms with Gasteiger partial charge in [-0.05, 0) is 19.8 Å². The third kappa shape index (κ3) is 5.21. The average Bonchev–Trinajstić information content (AvgIpc) is 3.05. The van der Waals surface area contributed by atoms with Crippen LogP contribution in [0, 0.1) is 0 Å². The van der Waals surface area contributed by atoms with Gasteiger partial charge in [-0.3, -0.25) is 4.79 Å². The van der Waals surface area contributed by atoms with E-state index in [4.69, 9.17) is 0 Å². The van der Waals surface area contributed by atoms with E-state index in [-0.39, 0.29) is 12.5 Å². The topological polar surface area (TPSA) is 47.9 Å². The number of hydrogen-bond acceptors (Lipinski definition) is 2. The molecule has 1 rings (SSSR count). The van der Waals surface area contributed by atoms with Gasteiger partial charge in [0.1, 0.15) is 6.54 Å². The number of likely N-dealkylation sites (N-methyl/N-ethyl adjacent to an activating group) is 2. The molecule has 0 aromatic rings. The molecular weight excluding hydrogens is 228 g/mol. The van der Waals surface area contributed by atoms with Gasteiger partial charge in [-0.15, -0.1) is 0 Å². The molecule has 1 N–H and O–H groups in total. The molecular formula is C13H24N4O. The largest absolute Gasteiger partial charge is 0.353 e. The highest BCUT2D eigenvalue weighted by molar-refractivity contribution is 5.85. The second-order valence-electron chi connectivity index (χ2n) is 5.16. The Morgan fingerprint density at radius 2 is 2.00 bits per heavy atom. The van der Waals surface area contributed by atoms with Gasteiger partial charge in [0.15, 0.2) is 5.96 Å². The van der Waals surface area contributed by atoms with Gasteiger partial charge in [0.2, 0.25) is 5.91 Å². The molecule has 0 radical (unpaired) electrons. The van der Waals surface area contributed by atoms with E-state index >= 15 is 0 Å². The molecule has 1 aliphatic carbocycles. The molecule has 0 heterocycles. The zero-order valence-electron chi connectivity index (χ0n) is 11.9. The Labute approximate surface area is 110 Å². The molecule has 0 atom stereocenters. The third-order valence-electron chi connectivity index (χ3n) is 2.64.